The lowest BCUT2D eigenvalue weighted by atomic mass is 10.1. The Morgan fingerprint density at radius 1 is 0.778 bits per heavy atom. The Bertz CT molecular complexity index is 595. The van der Waals surface area contributed by atoms with Gasteiger partial charge in [0.1, 0.15) is 6.04 Å². The zero-order valence-electron chi connectivity index (χ0n) is 23.0. The lowest BCUT2D eigenvalue weighted by Crippen LogP contribution is -2.50. The predicted molar refractivity (Wildman–Crippen MR) is 155 cm³/mol. The largest absolute Gasteiger partial charge is 0.388 e. The highest BCUT2D eigenvalue weighted by atomic mass is 32.2. The SMILES string of the molecule is CCCCCCCCCCCCSC[C@@H](NC(C)=O)C(=O)N(CCCCC(=N)N)CCCCC(=N)N. The molecule has 0 aromatic rings. The van der Waals surface area contributed by atoms with Crippen molar-refractivity contribution in [3.63, 3.8) is 0 Å². The van der Waals surface area contributed by atoms with Gasteiger partial charge in [-0.05, 0) is 37.9 Å². The molecule has 1 atom stereocenters. The van der Waals surface area contributed by atoms with Crippen molar-refractivity contribution in [3.05, 3.63) is 0 Å². The van der Waals surface area contributed by atoms with E-state index in [0.717, 1.165) is 37.9 Å². The summed E-state index contributed by atoms with van der Waals surface area (Å²) in [5.74, 6) is 1.65. The van der Waals surface area contributed by atoms with Crippen LogP contribution >= 0.6 is 11.8 Å². The molecule has 0 radical (unpaired) electrons. The van der Waals surface area contributed by atoms with Gasteiger partial charge in [0.2, 0.25) is 11.8 Å². The Hall–Kier alpha value is -1.77. The van der Waals surface area contributed by atoms with Gasteiger partial charge in [0, 0.05) is 38.6 Å². The average molecular weight is 527 g/mol. The molecule has 0 saturated heterocycles. The molecule has 0 rings (SSSR count). The molecule has 36 heavy (non-hydrogen) atoms. The number of rotatable bonds is 25. The van der Waals surface area contributed by atoms with E-state index in [1.54, 1.807) is 11.8 Å². The van der Waals surface area contributed by atoms with Crippen LogP contribution in [0.1, 0.15) is 117 Å². The minimum atomic E-state index is -0.531. The number of hydrogen-bond donors (Lipinski definition) is 5. The van der Waals surface area contributed by atoms with Crippen LogP contribution in [0.25, 0.3) is 0 Å². The lowest BCUT2D eigenvalue weighted by Gasteiger charge is -2.28. The lowest BCUT2D eigenvalue weighted by molar-refractivity contribution is -0.135. The zero-order chi connectivity index (χ0) is 27.0. The van der Waals surface area contributed by atoms with Gasteiger partial charge in [-0.25, -0.2) is 0 Å². The molecule has 210 valence electrons. The molecule has 8 nitrogen and oxygen atoms in total. The summed E-state index contributed by atoms with van der Waals surface area (Å²) >= 11 is 1.74. The van der Waals surface area contributed by atoms with E-state index in [1.165, 1.54) is 64.7 Å². The van der Waals surface area contributed by atoms with E-state index in [2.05, 4.69) is 12.2 Å². The molecule has 9 heteroatoms. The van der Waals surface area contributed by atoms with Crippen molar-refractivity contribution in [1.82, 2.24) is 10.2 Å². The van der Waals surface area contributed by atoms with Gasteiger partial charge >= 0.3 is 0 Å². The van der Waals surface area contributed by atoms with Gasteiger partial charge in [-0.15, -0.1) is 0 Å². The summed E-state index contributed by atoms with van der Waals surface area (Å²) in [6.45, 7) is 4.86. The number of amidine groups is 2. The molecule has 0 aliphatic heterocycles. The number of nitrogens with zero attached hydrogens (tertiary/aromatic N) is 1. The average Bonchev–Trinajstić information content (AvgIpc) is 2.82. The summed E-state index contributed by atoms with van der Waals surface area (Å²) in [4.78, 5) is 27.0. The number of nitrogens with two attached hydrogens (primary N) is 2. The maximum absolute atomic E-state index is 13.3. The fourth-order valence-corrected chi connectivity index (χ4v) is 5.14. The Kier molecular flexibility index (Phi) is 22.5. The number of nitrogens with one attached hydrogen (secondary N) is 3. The third-order valence-electron chi connectivity index (χ3n) is 6.16. The fraction of sp³-hybridized carbons (Fsp3) is 0.852. The molecular weight excluding hydrogens is 472 g/mol. The van der Waals surface area contributed by atoms with Gasteiger partial charge in [0.05, 0.1) is 11.7 Å². The Labute approximate surface area is 224 Å². The number of carbonyl (C=O) groups excluding carboxylic acids is 2. The van der Waals surface area contributed by atoms with Crippen molar-refractivity contribution >= 4 is 35.2 Å². The normalized spacial score (nSPS) is 11.7. The van der Waals surface area contributed by atoms with E-state index in [0.29, 0.717) is 31.7 Å². The highest BCUT2D eigenvalue weighted by molar-refractivity contribution is 7.99. The Balaban J connectivity index is 4.50. The van der Waals surface area contributed by atoms with Gasteiger partial charge in [-0.3, -0.25) is 20.4 Å². The van der Waals surface area contributed by atoms with E-state index >= 15 is 0 Å². The Morgan fingerprint density at radius 3 is 1.69 bits per heavy atom. The highest BCUT2D eigenvalue weighted by Crippen LogP contribution is 2.14. The van der Waals surface area contributed by atoms with Gasteiger partial charge in [0.15, 0.2) is 0 Å². The highest BCUT2D eigenvalue weighted by Gasteiger charge is 2.24. The molecule has 0 aliphatic rings. The predicted octanol–water partition coefficient (Wildman–Crippen LogP) is 5.19. The van der Waals surface area contributed by atoms with Gasteiger partial charge in [-0.1, -0.05) is 64.7 Å². The molecule has 0 bridgehead atoms. The standard InChI is InChI=1S/C27H54N6O2S/c1-3-4-5-6-7-8-9-10-11-16-21-36-22-24(32-23(2)34)27(35)33(19-14-12-17-25(28)29)20-15-13-18-26(30)31/h24H,3-22H2,1-2H3,(H3,28,29)(H3,30,31)(H,32,34)/t24-/m1/s1. The molecule has 0 aromatic heterocycles. The van der Waals surface area contributed by atoms with Crippen molar-refractivity contribution < 1.29 is 9.59 Å². The van der Waals surface area contributed by atoms with Crippen LogP contribution in [-0.4, -0.2) is 59.0 Å². The van der Waals surface area contributed by atoms with Crippen molar-refractivity contribution in [3.8, 4) is 0 Å². The second-order valence-corrected chi connectivity index (χ2v) is 10.9. The summed E-state index contributed by atoms with van der Waals surface area (Å²) in [5.41, 5.74) is 10.9. The van der Waals surface area contributed by atoms with Crippen LogP contribution in [0.2, 0.25) is 0 Å². The summed E-state index contributed by atoms with van der Waals surface area (Å²) in [6, 6.07) is -0.531. The molecule has 0 unspecified atom stereocenters. The number of carbonyl (C=O) groups is 2. The summed E-state index contributed by atoms with van der Waals surface area (Å²) in [7, 11) is 0. The van der Waals surface area contributed by atoms with Crippen molar-refractivity contribution in [1.29, 1.82) is 10.8 Å². The van der Waals surface area contributed by atoms with Crippen molar-refractivity contribution in [2.45, 2.75) is 123 Å². The molecule has 7 N–H and O–H groups in total. The third kappa shape index (κ3) is 21.5. The number of amides is 2. The minimum Gasteiger partial charge on any atom is -0.388 e. The van der Waals surface area contributed by atoms with Crippen LogP contribution in [-0.2, 0) is 9.59 Å². The van der Waals surface area contributed by atoms with Crippen molar-refractivity contribution in [2.24, 2.45) is 11.5 Å². The maximum atomic E-state index is 13.3. The summed E-state index contributed by atoms with van der Waals surface area (Å²) in [5, 5.41) is 17.6. The van der Waals surface area contributed by atoms with Crippen LogP contribution in [0.15, 0.2) is 0 Å². The zero-order valence-corrected chi connectivity index (χ0v) is 23.9. The van der Waals surface area contributed by atoms with Gasteiger partial charge in [0.25, 0.3) is 0 Å². The van der Waals surface area contributed by atoms with Crippen LogP contribution in [0, 0.1) is 10.8 Å². The first-order valence-electron chi connectivity index (χ1n) is 14.1. The first-order chi connectivity index (χ1) is 17.3. The molecule has 0 fully saturated rings. The van der Waals surface area contributed by atoms with E-state index < -0.39 is 6.04 Å². The molecule has 0 heterocycles. The van der Waals surface area contributed by atoms with E-state index in [4.69, 9.17) is 22.3 Å². The van der Waals surface area contributed by atoms with E-state index in [-0.39, 0.29) is 23.5 Å². The van der Waals surface area contributed by atoms with Crippen molar-refractivity contribution in [2.75, 3.05) is 24.6 Å². The van der Waals surface area contributed by atoms with Crippen LogP contribution in [0.4, 0.5) is 0 Å². The van der Waals surface area contributed by atoms with Gasteiger partial charge in [-0.2, -0.15) is 11.8 Å². The molecule has 0 aromatic carbocycles. The van der Waals surface area contributed by atoms with Crippen LogP contribution in [0.5, 0.6) is 0 Å². The smallest absolute Gasteiger partial charge is 0.246 e. The van der Waals surface area contributed by atoms with Crippen LogP contribution in [0.3, 0.4) is 0 Å². The third-order valence-corrected chi connectivity index (χ3v) is 7.31. The van der Waals surface area contributed by atoms with Crippen LogP contribution < -0.4 is 16.8 Å². The van der Waals surface area contributed by atoms with Gasteiger partial charge < -0.3 is 21.7 Å². The second-order valence-electron chi connectivity index (χ2n) is 9.80. The molecular formula is C27H54N6O2S. The first kappa shape index (κ1) is 34.2. The van der Waals surface area contributed by atoms with E-state index in [1.807, 2.05) is 4.90 Å². The number of hydrogen-bond acceptors (Lipinski definition) is 5. The van der Waals surface area contributed by atoms with E-state index in [9.17, 15) is 9.59 Å². The minimum absolute atomic E-state index is 0.0496. The summed E-state index contributed by atoms with van der Waals surface area (Å²) in [6.07, 6.45) is 17.1. The number of thioether (sulfide) groups is 1. The fourth-order valence-electron chi connectivity index (χ4n) is 4.10. The molecule has 0 aliphatic carbocycles. The topological polar surface area (TPSA) is 149 Å². The quantitative estimate of drug-likeness (QED) is 0.0630. The molecule has 0 spiro atoms. The molecule has 2 amide bonds. The molecule has 0 saturated carbocycles. The first-order valence-corrected chi connectivity index (χ1v) is 15.2. The second kappa shape index (κ2) is 23.6. The maximum Gasteiger partial charge on any atom is 0.246 e. The Morgan fingerprint density at radius 2 is 1.25 bits per heavy atom. The monoisotopic (exact) mass is 526 g/mol. The summed E-state index contributed by atoms with van der Waals surface area (Å²) < 4.78 is 0. The number of unbranched alkanes of at least 4 members (excludes halogenated alkanes) is 11.